The molecule has 3 aliphatic rings. The first-order chi connectivity index (χ1) is 9.15. The van der Waals surface area contributed by atoms with E-state index in [1.807, 2.05) is 12.1 Å². The van der Waals surface area contributed by atoms with E-state index in [1.54, 1.807) is 11.3 Å². The van der Waals surface area contributed by atoms with Crippen molar-refractivity contribution in [2.45, 2.75) is 13.0 Å². The second-order valence-electron chi connectivity index (χ2n) is 5.47. The molecule has 0 spiro atoms. The van der Waals surface area contributed by atoms with Gasteiger partial charge in [0.15, 0.2) is 0 Å². The average Bonchev–Trinajstić information content (AvgIpc) is 3.11. The first-order valence-corrected chi connectivity index (χ1v) is 8.04. The van der Waals surface area contributed by atoms with Gasteiger partial charge in [0.05, 0.1) is 22.2 Å². The van der Waals surface area contributed by atoms with Crippen LogP contribution < -0.4 is 0 Å². The third kappa shape index (κ3) is 1.61. The molecule has 0 N–H and O–H groups in total. The van der Waals surface area contributed by atoms with Crippen molar-refractivity contribution < 1.29 is 9.59 Å². The minimum Gasteiger partial charge on any atom is -0.277 e. The van der Waals surface area contributed by atoms with Gasteiger partial charge in [-0.2, -0.15) is 0 Å². The molecule has 1 saturated heterocycles. The van der Waals surface area contributed by atoms with E-state index in [-0.39, 0.29) is 23.7 Å². The lowest BCUT2D eigenvalue weighted by Crippen LogP contribution is -2.32. The molecule has 0 aromatic carbocycles. The molecule has 2 amide bonds. The van der Waals surface area contributed by atoms with Crippen LogP contribution in [0.5, 0.6) is 0 Å². The summed E-state index contributed by atoms with van der Waals surface area (Å²) in [4.78, 5) is 27.4. The minimum atomic E-state index is -0.0779. The van der Waals surface area contributed by atoms with E-state index in [0.29, 0.717) is 18.4 Å². The van der Waals surface area contributed by atoms with Crippen LogP contribution in [-0.4, -0.2) is 16.7 Å². The molecule has 1 aliphatic heterocycles. The predicted molar refractivity (Wildman–Crippen MR) is 75.3 cm³/mol. The van der Waals surface area contributed by atoms with Crippen LogP contribution in [0.2, 0.25) is 0 Å². The van der Waals surface area contributed by atoms with Crippen molar-refractivity contribution in [1.29, 1.82) is 0 Å². The van der Waals surface area contributed by atoms with E-state index in [4.69, 9.17) is 0 Å². The van der Waals surface area contributed by atoms with Crippen molar-refractivity contribution in [2.24, 2.45) is 23.7 Å². The summed E-state index contributed by atoms with van der Waals surface area (Å²) in [5.74, 6) is 0.516. The molecule has 1 aromatic rings. The number of nitrogens with zero attached hydrogens (tertiary/aromatic N) is 1. The van der Waals surface area contributed by atoms with Gasteiger partial charge in [0, 0.05) is 4.88 Å². The lowest BCUT2D eigenvalue weighted by Gasteiger charge is -2.16. The molecular weight excluding hydrogens is 326 g/mol. The van der Waals surface area contributed by atoms with Crippen molar-refractivity contribution >= 4 is 39.1 Å². The standard InChI is InChI=1S/C14H12BrNO2S/c15-10-4-3-9(19-10)6-16-13(17)11-7-1-2-8(5-7)12(11)14(16)18/h1-4,7-8,11-12H,5-6H2. The van der Waals surface area contributed by atoms with Crippen LogP contribution in [0.15, 0.2) is 28.1 Å². The lowest BCUT2D eigenvalue weighted by molar-refractivity contribution is -0.141. The van der Waals surface area contributed by atoms with Crippen LogP contribution in [0, 0.1) is 23.7 Å². The fourth-order valence-corrected chi connectivity index (χ4v) is 5.18. The van der Waals surface area contributed by atoms with Crippen molar-refractivity contribution in [2.75, 3.05) is 0 Å². The maximum absolute atomic E-state index is 12.5. The topological polar surface area (TPSA) is 37.4 Å². The number of likely N-dealkylation sites (tertiary alicyclic amines) is 1. The smallest absolute Gasteiger partial charge is 0.234 e. The number of thiophene rings is 1. The molecule has 2 aliphatic carbocycles. The fraction of sp³-hybridized carbons (Fsp3) is 0.429. The maximum Gasteiger partial charge on any atom is 0.234 e. The lowest BCUT2D eigenvalue weighted by atomic mass is 9.85. The Labute approximate surface area is 123 Å². The summed E-state index contributed by atoms with van der Waals surface area (Å²) in [6.07, 6.45) is 5.25. The van der Waals surface area contributed by atoms with Crippen LogP contribution in [0.1, 0.15) is 11.3 Å². The van der Waals surface area contributed by atoms with Crippen molar-refractivity contribution in [3.05, 3.63) is 32.9 Å². The zero-order chi connectivity index (χ0) is 13.1. The number of hydrogen-bond donors (Lipinski definition) is 0. The maximum atomic E-state index is 12.5. The SMILES string of the molecule is O=C1C2C3C=CC(C3)C2C(=O)N1Cc1ccc(Br)s1. The second-order valence-corrected chi connectivity index (χ2v) is 8.02. The quantitative estimate of drug-likeness (QED) is 0.614. The molecule has 4 unspecified atom stereocenters. The number of amides is 2. The van der Waals surface area contributed by atoms with E-state index in [2.05, 4.69) is 28.1 Å². The van der Waals surface area contributed by atoms with E-state index < -0.39 is 0 Å². The monoisotopic (exact) mass is 337 g/mol. The summed E-state index contributed by atoms with van der Waals surface area (Å²) in [7, 11) is 0. The number of allylic oxidation sites excluding steroid dienone is 2. The van der Waals surface area contributed by atoms with E-state index in [9.17, 15) is 9.59 Å². The molecule has 1 saturated carbocycles. The number of halogens is 1. The molecule has 3 nitrogen and oxygen atoms in total. The van der Waals surface area contributed by atoms with Crippen LogP contribution in [-0.2, 0) is 16.1 Å². The van der Waals surface area contributed by atoms with Gasteiger partial charge < -0.3 is 0 Å². The minimum absolute atomic E-state index is 0.0383. The highest BCUT2D eigenvalue weighted by atomic mass is 79.9. The molecule has 2 bridgehead atoms. The molecule has 5 heteroatoms. The van der Waals surface area contributed by atoms with Crippen LogP contribution in [0.25, 0.3) is 0 Å². The number of rotatable bonds is 2. The molecule has 19 heavy (non-hydrogen) atoms. The first kappa shape index (κ1) is 11.9. The molecule has 4 rings (SSSR count). The molecule has 1 aromatic heterocycles. The van der Waals surface area contributed by atoms with Gasteiger partial charge in [-0.3, -0.25) is 14.5 Å². The summed E-state index contributed by atoms with van der Waals surface area (Å²) in [6.45, 7) is 0.431. The third-order valence-corrected chi connectivity index (χ3v) is 6.11. The van der Waals surface area contributed by atoms with Crippen LogP contribution >= 0.6 is 27.3 Å². The second kappa shape index (κ2) is 4.03. The van der Waals surface area contributed by atoms with Gasteiger partial charge in [-0.1, -0.05) is 12.2 Å². The van der Waals surface area contributed by atoms with Gasteiger partial charge in [0.2, 0.25) is 11.8 Å². The number of imide groups is 1. The summed E-state index contributed by atoms with van der Waals surface area (Å²) in [5.41, 5.74) is 0. The van der Waals surface area contributed by atoms with Crippen LogP contribution in [0.4, 0.5) is 0 Å². The Hall–Kier alpha value is -0.940. The largest absolute Gasteiger partial charge is 0.277 e. The van der Waals surface area contributed by atoms with Gasteiger partial charge in [0.25, 0.3) is 0 Å². The number of carbonyl (C=O) groups excluding carboxylic acids is 2. The first-order valence-electron chi connectivity index (χ1n) is 6.43. The average molecular weight is 338 g/mol. The van der Waals surface area contributed by atoms with Gasteiger partial charge >= 0.3 is 0 Å². The van der Waals surface area contributed by atoms with Crippen molar-refractivity contribution in [3.63, 3.8) is 0 Å². The number of hydrogen-bond acceptors (Lipinski definition) is 3. The highest BCUT2D eigenvalue weighted by Gasteiger charge is 2.59. The number of fused-ring (bicyclic) bond motifs is 5. The Morgan fingerprint density at radius 2 is 1.79 bits per heavy atom. The highest BCUT2D eigenvalue weighted by molar-refractivity contribution is 9.11. The molecular formula is C14H12BrNO2S. The number of carbonyl (C=O) groups is 2. The molecule has 2 fully saturated rings. The fourth-order valence-electron chi connectivity index (χ4n) is 3.71. The summed E-state index contributed by atoms with van der Waals surface area (Å²) < 4.78 is 1.03. The Morgan fingerprint density at radius 3 is 2.32 bits per heavy atom. The third-order valence-electron chi connectivity index (χ3n) is 4.50. The normalized spacial score (nSPS) is 35.5. The summed E-state index contributed by atoms with van der Waals surface area (Å²) in [5, 5.41) is 0. The van der Waals surface area contributed by atoms with Gasteiger partial charge in [-0.15, -0.1) is 11.3 Å². The Morgan fingerprint density at radius 1 is 1.16 bits per heavy atom. The molecule has 0 radical (unpaired) electrons. The summed E-state index contributed by atoms with van der Waals surface area (Å²) >= 11 is 4.99. The van der Waals surface area contributed by atoms with E-state index in [1.165, 1.54) is 4.90 Å². The zero-order valence-corrected chi connectivity index (χ0v) is 12.5. The van der Waals surface area contributed by atoms with E-state index >= 15 is 0 Å². The molecule has 2 heterocycles. The Bertz CT molecular complexity index is 578. The Kier molecular flexibility index (Phi) is 2.51. The van der Waals surface area contributed by atoms with E-state index in [0.717, 1.165) is 15.1 Å². The van der Waals surface area contributed by atoms with Gasteiger partial charge in [0.1, 0.15) is 0 Å². The Balaban J connectivity index is 1.62. The molecule has 98 valence electrons. The van der Waals surface area contributed by atoms with Gasteiger partial charge in [-0.05, 0) is 46.3 Å². The van der Waals surface area contributed by atoms with Crippen molar-refractivity contribution in [3.8, 4) is 0 Å². The molecule has 4 atom stereocenters. The predicted octanol–water partition coefficient (Wildman–Crippen LogP) is 2.82. The summed E-state index contributed by atoms with van der Waals surface area (Å²) in [6, 6.07) is 3.92. The van der Waals surface area contributed by atoms with Crippen LogP contribution in [0.3, 0.4) is 0 Å². The van der Waals surface area contributed by atoms with Gasteiger partial charge in [-0.25, -0.2) is 0 Å². The van der Waals surface area contributed by atoms with Crippen molar-refractivity contribution in [1.82, 2.24) is 4.90 Å². The highest BCUT2D eigenvalue weighted by Crippen LogP contribution is 2.52. The zero-order valence-electron chi connectivity index (χ0n) is 10.1.